The molecular formula is C22H44N2O6. The zero-order valence-corrected chi connectivity index (χ0v) is 20.1. The molecule has 0 aromatic heterocycles. The van der Waals surface area contributed by atoms with Crippen molar-refractivity contribution in [2.75, 3.05) is 34.3 Å². The number of methoxy groups -OCH3 is 1. The number of hydrogen-bond acceptors (Lipinski definition) is 7. The van der Waals surface area contributed by atoms with Gasteiger partial charge in [-0.15, -0.1) is 0 Å². The SMILES string of the molecule is CNCCCCCCN(C)C(=O)C1O[C@@H](C(C)(C)OC)[C@@H](O)[C@@H](O)[C@@H]1OC(C)(C)C. The third-order valence-electron chi connectivity index (χ3n) is 5.58. The summed E-state index contributed by atoms with van der Waals surface area (Å²) < 4.78 is 17.5. The van der Waals surface area contributed by atoms with Crippen molar-refractivity contribution in [1.82, 2.24) is 10.2 Å². The summed E-state index contributed by atoms with van der Waals surface area (Å²) in [5, 5.41) is 24.7. The minimum Gasteiger partial charge on any atom is -0.387 e. The van der Waals surface area contributed by atoms with Crippen LogP contribution in [0.25, 0.3) is 0 Å². The van der Waals surface area contributed by atoms with E-state index in [0.29, 0.717) is 6.54 Å². The van der Waals surface area contributed by atoms with Gasteiger partial charge in [-0.2, -0.15) is 0 Å². The Balaban J connectivity index is 2.92. The molecule has 0 bridgehead atoms. The van der Waals surface area contributed by atoms with Gasteiger partial charge < -0.3 is 34.6 Å². The standard InChI is InChI=1S/C22H44N2O6/c1-21(2,3)30-17-15(25)16(26)19(22(4,5)28-8)29-18(17)20(27)24(7)14-12-10-9-11-13-23-6/h15-19,23,25-26H,9-14H2,1-8H3/t15-,16+,17+,18?,19-/m1/s1. The van der Waals surface area contributed by atoms with Crippen LogP contribution in [0.15, 0.2) is 0 Å². The molecule has 1 aliphatic rings. The molecule has 1 unspecified atom stereocenters. The molecule has 0 saturated carbocycles. The number of carbonyl (C=O) groups is 1. The van der Waals surface area contributed by atoms with Crippen LogP contribution in [0.5, 0.6) is 0 Å². The molecule has 1 rings (SSSR count). The molecule has 8 nitrogen and oxygen atoms in total. The molecule has 1 fully saturated rings. The summed E-state index contributed by atoms with van der Waals surface area (Å²) in [5.41, 5.74) is -1.51. The number of carbonyl (C=O) groups excluding carboxylic acids is 1. The number of ether oxygens (including phenoxy) is 3. The van der Waals surface area contributed by atoms with Crippen LogP contribution in [-0.2, 0) is 19.0 Å². The quantitative estimate of drug-likeness (QED) is 0.423. The molecule has 178 valence electrons. The first-order valence-corrected chi connectivity index (χ1v) is 11.0. The van der Waals surface area contributed by atoms with Crippen molar-refractivity contribution in [3.05, 3.63) is 0 Å². The van der Waals surface area contributed by atoms with Gasteiger partial charge in [0, 0.05) is 20.7 Å². The van der Waals surface area contributed by atoms with Crippen molar-refractivity contribution in [1.29, 1.82) is 0 Å². The summed E-state index contributed by atoms with van der Waals surface area (Å²) in [6, 6.07) is 0. The van der Waals surface area contributed by atoms with Crippen molar-refractivity contribution in [2.45, 2.75) is 102 Å². The lowest BCUT2D eigenvalue weighted by Crippen LogP contribution is -2.67. The van der Waals surface area contributed by atoms with Crippen molar-refractivity contribution in [2.24, 2.45) is 0 Å². The molecule has 0 radical (unpaired) electrons. The topological polar surface area (TPSA) is 100 Å². The van der Waals surface area contributed by atoms with Gasteiger partial charge in [0.05, 0.1) is 11.2 Å². The molecule has 0 aromatic carbocycles. The molecule has 30 heavy (non-hydrogen) atoms. The zero-order valence-electron chi connectivity index (χ0n) is 20.1. The average Bonchev–Trinajstić information content (AvgIpc) is 2.66. The van der Waals surface area contributed by atoms with E-state index in [0.717, 1.165) is 32.2 Å². The van der Waals surface area contributed by atoms with Crippen molar-refractivity contribution in [3.63, 3.8) is 0 Å². The van der Waals surface area contributed by atoms with Crippen molar-refractivity contribution in [3.8, 4) is 0 Å². The number of rotatable bonds is 11. The van der Waals surface area contributed by atoms with E-state index in [-0.39, 0.29) is 5.91 Å². The van der Waals surface area contributed by atoms with Gasteiger partial charge in [0.15, 0.2) is 6.10 Å². The highest BCUT2D eigenvalue weighted by atomic mass is 16.6. The molecule has 0 spiro atoms. The van der Waals surface area contributed by atoms with E-state index in [1.807, 2.05) is 27.8 Å². The maximum Gasteiger partial charge on any atom is 0.254 e. The Bertz CT molecular complexity index is 522. The predicted octanol–water partition coefficient (Wildman–Crippen LogP) is 1.32. The summed E-state index contributed by atoms with van der Waals surface area (Å²) >= 11 is 0. The number of aliphatic hydroxyl groups excluding tert-OH is 2. The average molecular weight is 433 g/mol. The third kappa shape index (κ3) is 7.73. The van der Waals surface area contributed by atoms with E-state index in [2.05, 4.69) is 5.32 Å². The Morgan fingerprint density at radius 3 is 2.20 bits per heavy atom. The first-order chi connectivity index (χ1) is 13.9. The van der Waals surface area contributed by atoms with E-state index >= 15 is 0 Å². The van der Waals surface area contributed by atoms with Crippen LogP contribution in [0, 0.1) is 0 Å². The predicted molar refractivity (Wildman–Crippen MR) is 116 cm³/mol. The fourth-order valence-corrected chi connectivity index (χ4v) is 3.63. The highest BCUT2D eigenvalue weighted by Gasteiger charge is 2.54. The van der Waals surface area contributed by atoms with Crippen LogP contribution in [0.2, 0.25) is 0 Å². The zero-order chi connectivity index (χ0) is 23.1. The van der Waals surface area contributed by atoms with Gasteiger partial charge in [0.25, 0.3) is 5.91 Å². The maximum atomic E-state index is 13.3. The fraction of sp³-hybridized carbons (Fsp3) is 0.955. The Morgan fingerprint density at radius 2 is 1.67 bits per heavy atom. The van der Waals surface area contributed by atoms with E-state index < -0.39 is 41.7 Å². The number of unbranched alkanes of at least 4 members (excludes halogenated alkanes) is 3. The lowest BCUT2D eigenvalue weighted by molar-refractivity contribution is -0.280. The number of nitrogens with one attached hydrogen (secondary N) is 1. The first kappa shape index (κ1) is 27.3. The number of likely N-dealkylation sites (N-methyl/N-ethyl adjacent to an activating group) is 1. The maximum absolute atomic E-state index is 13.3. The highest BCUT2D eigenvalue weighted by Crippen LogP contribution is 2.33. The number of nitrogens with zero attached hydrogens (tertiary/aromatic N) is 1. The minimum absolute atomic E-state index is 0.262. The fourth-order valence-electron chi connectivity index (χ4n) is 3.63. The molecule has 1 amide bonds. The number of amides is 1. The Labute approximate surface area is 182 Å². The van der Waals surface area contributed by atoms with E-state index in [1.54, 1.807) is 25.8 Å². The Morgan fingerprint density at radius 1 is 1.07 bits per heavy atom. The van der Waals surface area contributed by atoms with Crippen molar-refractivity contribution >= 4 is 5.91 Å². The van der Waals surface area contributed by atoms with Gasteiger partial charge in [-0.25, -0.2) is 0 Å². The Kier molecular flexibility index (Phi) is 10.7. The molecular weight excluding hydrogens is 388 g/mol. The summed E-state index contributed by atoms with van der Waals surface area (Å²) in [6.45, 7) is 10.6. The van der Waals surface area contributed by atoms with Gasteiger partial charge in [-0.05, 0) is 61.1 Å². The molecule has 5 atom stereocenters. The van der Waals surface area contributed by atoms with E-state index in [4.69, 9.17) is 14.2 Å². The van der Waals surface area contributed by atoms with Crippen LogP contribution in [0.1, 0.15) is 60.3 Å². The summed E-state index contributed by atoms with van der Waals surface area (Å²) in [7, 11) is 5.19. The van der Waals surface area contributed by atoms with Crippen LogP contribution in [0.4, 0.5) is 0 Å². The minimum atomic E-state index is -1.28. The normalized spacial score (nSPS) is 27.9. The second-order valence-corrected chi connectivity index (χ2v) is 9.74. The summed E-state index contributed by atoms with van der Waals surface area (Å²) in [6.07, 6.45) is -1.26. The summed E-state index contributed by atoms with van der Waals surface area (Å²) in [5.74, 6) is -0.262. The van der Waals surface area contributed by atoms with Gasteiger partial charge >= 0.3 is 0 Å². The second kappa shape index (κ2) is 11.7. The smallest absolute Gasteiger partial charge is 0.254 e. The lowest BCUT2D eigenvalue weighted by Gasteiger charge is -2.48. The molecule has 8 heteroatoms. The largest absolute Gasteiger partial charge is 0.387 e. The lowest BCUT2D eigenvalue weighted by atomic mass is 9.86. The van der Waals surface area contributed by atoms with Gasteiger partial charge in [-0.1, -0.05) is 12.8 Å². The first-order valence-electron chi connectivity index (χ1n) is 11.0. The molecule has 0 aliphatic carbocycles. The summed E-state index contributed by atoms with van der Waals surface area (Å²) in [4.78, 5) is 14.9. The molecule has 3 N–H and O–H groups in total. The Hall–Kier alpha value is -0.770. The molecule has 0 aromatic rings. The van der Waals surface area contributed by atoms with Gasteiger partial charge in [0.2, 0.25) is 0 Å². The molecule has 1 aliphatic heterocycles. The van der Waals surface area contributed by atoms with Crippen molar-refractivity contribution < 1.29 is 29.2 Å². The monoisotopic (exact) mass is 432 g/mol. The molecule has 1 saturated heterocycles. The number of aliphatic hydroxyl groups is 2. The van der Waals surface area contributed by atoms with Crippen LogP contribution in [-0.4, -0.2) is 97.0 Å². The van der Waals surface area contributed by atoms with Gasteiger partial charge in [-0.3, -0.25) is 4.79 Å². The van der Waals surface area contributed by atoms with E-state index in [1.165, 1.54) is 7.11 Å². The number of hydrogen-bond donors (Lipinski definition) is 3. The van der Waals surface area contributed by atoms with E-state index in [9.17, 15) is 15.0 Å². The molecule has 1 heterocycles. The third-order valence-corrected chi connectivity index (χ3v) is 5.58. The van der Waals surface area contributed by atoms with Gasteiger partial charge in [0.1, 0.15) is 24.4 Å². The highest BCUT2D eigenvalue weighted by molar-refractivity contribution is 5.81. The second-order valence-electron chi connectivity index (χ2n) is 9.74. The van der Waals surface area contributed by atoms with Crippen LogP contribution >= 0.6 is 0 Å². The van der Waals surface area contributed by atoms with Crippen LogP contribution < -0.4 is 5.32 Å². The van der Waals surface area contributed by atoms with Crippen LogP contribution in [0.3, 0.4) is 0 Å².